The number of ether oxygens (including phenoxy) is 1. The molecule has 1 aliphatic heterocycles. The van der Waals surface area contributed by atoms with Gasteiger partial charge in [-0.2, -0.15) is 0 Å². The molecular weight excluding hydrogens is 328 g/mol. The van der Waals surface area contributed by atoms with Gasteiger partial charge in [-0.05, 0) is 13.8 Å². The number of fused-ring (bicyclic) bond motifs is 1. The fourth-order valence-corrected chi connectivity index (χ4v) is 2.30. The van der Waals surface area contributed by atoms with Crippen LogP contribution in [0.4, 0.5) is 0 Å². The van der Waals surface area contributed by atoms with E-state index in [1.807, 2.05) is 0 Å². The standard InChI is InChI=1S/C10H11ClN4O4.C3H6O/c11-8-5-9(13-2-12-8)15(3-14-5)10-7(18)6(17)4(1-16)19-10;1-3(2)4/h2-4,6-7,10,16-18H,1H2;1-2H3/t4-,6?,7+,10+;/m0./s1. The van der Waals surface area contributed by atoms with Gasteiger partial charge in [0.25, 0.3) is 0 Å². The zero-order chi connectivity index (χ0) is 17.1. The minimum atomic E-state index is -1.19. The highest BCUT2D eigenvalue weighted by Gasteiger charge is 2.43. The highest BCUT2D eigenvalue weighted by molar-refractivity contribution is 6.33. The summed E-state index contributed by atoms with van der Waals surface area (Å²) < 4.78 is 6.85. The number of Topliss-reactive ketones (excluding diaryl/α,β-unsaturated/α-hetero) is 1. The Morgan fingerprint density at radius 3 is 2.52 bits per heavy atom. The second-order valence-corrected chi connectivity index (χ2v) is 5.48. The monoisotopic (exact) mass is 344 g/mol. The Morgan fingerprint density at radius 2 is 1.96 bits per heavy atom. The number of halogens is 1. The topological polar surface area (TPSA) is 131 Å². The van der Waals surface area contributed by atoms with Crippen LogP contribution in [0.25, 0.3) is 11.2 Å². The molecule has 10 heteroatoms. The van der Waals surface area contributed by atoms with E-state index in [9.17, 15) is 15.0 Å². The Morgan fingerprint density at radius 1 is 1.30 bits per heavy atom. The summed E-state index contributed by atoms with van der Waals surface area (Å²) in [6.45, 7) is 2.66. The van der Waals surface area contributed by atoms with Gasteiger partial charge >= 0.3 is 0 Å². The van der Waals surface area contributed by atoms with Crippen LogP contribution in [0.5, 0.6) is 0 Å². The first-order valence-electron chi connectivity index (χ1n) is 6.79. The second kappa shape index (κ2) is 7.28. The Hall–Kier alpha value is -1.65. The van der Waals surface area contributed by atoms with Gasteiger partial charge in [0.1, 0.15) is 35.9 Å². The van der Waals surface area contributed by atoms with Crippen molar-refractivity contribution in [2.75, 3.05) is 6.61 Å². The molecule has 0 aromatic carbocycles. The lowest BCUT2D eigenvalue weighted by molar-refractivity contribution is -0.114. The quantitative estimate of drug-likeness (QED) is 0.632. The minimum absolute atomic E-state index is 0.167. The van der Waals surface area contributed by atoms with Gasteiger partial charge in [0, 0.05) is 0 Å². The van der Waals surface area contributed by atoms with Crippen molar-refractivity contribution < 1.29 is 24.9 Å². The van der Waals surface area contributed by atoms with Crippen LogP contribution < -0.4 is 0 Å². The van der Waals surface area contributed by atoms with Crippen LogP contribution in [-0.4, -0.2) is 65.5 Å². The average Bonchev–Trinajstić information content (AvgIpc) is 3.02. The number of aliphatic hydroxyl groups is 3. The average molecular weight is 345 g/mol. The minimum Gasteiger partial charge on any atom is -0.394 e. The highest BCUT2D eigenvalue weighted by Crippen LogP contribution is 2.31. The van der Waals surface area contributed by atoms with E-state index in [4.69, 9.17) is 21.4 Å². The Labute approximate surface area is 136 Å². The van der Waals surface area contributed by atoms with Crippen LogP contribution in [0.2, 0.25) is 5.15 Å². The molecule has 0 saturated carbocycles. The first-order valence-corrected chi connectivity index (χ1v) is 7.17. The number of rotatable bonds is 2. The Bertz CT molecular complexity index is 690. The predicted octanol–water partition coefficient (Wildman–Crippen LogP) is -0.314. The van der Waals surface area contributed by atoms with Crippen LogP contribution in [-0.2, 0) is 9.53 Å². The summed E-state index contributed by atoms with van der Waals surface area (Å²) in [5.74, 6) is 0.167. The van der Waals surface area contributed by atoms with Crippen molar-refractivity contribution in [1.82, 2.24) is 19.5 Å². The van der Waals surface area contributed by atoms with Gasteiger partial charge in [-0.1, -0.05) is 11.6 Å². The molecule has 1 aliphatic rings. The van der Waals surface area contributed by atoms with Gasteiger partial charge in [0.05, 0.1) is 12.9 Å². The SMILES string of the molecule is CC(C)=O.OC[C@@H]1O[C@@H](n2cnc3c(Cl)ncnc32)[C@H](O)C1O. The fraction of sp³-hybridized carbons (Fsp3) is 0.538. The maximum Gasteiger partial charge on any atom is 0.167 e. The molecule has 1 saturated heterocycles. The van der Waals surface area contributed by atoms with Crippen LogP contribution in [0.15, 0.2) is 12.7 Å². The van der Waals surface area contributed by atoms with E-state index >= 15 is 0 Å². The van der Waals surface area contributed by atoms with Gasteiger partial charge in [0.15, 0.2) is 17.0 Å². The van der Waals surface area contributed by atoms with E-state index in [1.165, 1.54) is 31.1 Å². The molecule has 9 nitrogen and oxygen atoms in total. The molecule has 3 heterocycles. The summed E-state index contributed by atoms with van der Waals surface area (Å²) in [6, 6.07) is 0. The Kier molecular flexibility index (Phi) is 5.60. The third kappa shape index (κ3) is 3.65. The maximum atomic E-state index is 9.95. The van der Waals surface area contributed by atoms with Crippen molar-refractivity contribution >= 4 is 28.5 Å². The lowest BCUT2D eigenvalue weighted by Gasteiger charge is -2.16. The molecule has 0 radical (unpaired) electrons. The molecule has 0 amide bonds. The second-order valence-electron chi connectivity index (χ2n) is 5.13. The molecule has 23 heavy (non-hydrogen) atoms. The predicted molar refractivity (Wildman–Crippen MR) is 79.7 cm³/mol. The third-order valence-electron chi connectivity index (χ3n) is 3.11. The molecule has 126 valence electrons. The van der Waals surface area contributed by atoms with Gasteiger partial charge in [-0.15, -0.1) is 0 Å². The van der Waals surface area contributed by atoms with Crippen LogP contribution in [0, 0.1) is 0 Å². The summed E-state index contributed by atoms with van der Waals surface area (Å²) in [5, 5.41) is 28.9. The normalized spacial score (nSPS) is 26.9. The molecule has 2 aromatic heterocycles. The van der Waals surface area contributed by atoms with Crippen molar-refractivity contribution in [3.05, 3.63) is 17.8 Å². The molecule has 3 rings (SSSR count). The number of hydrogen-bond donors (Lipinski definition) is 3. The van der Waals surface area contributed by atoms with Crippen molar-refractivity contribution in [3.8, 4) is 0 Å². The summed E-state index contributed by atoms with van der Waals surface area (Å²) >= 11 is 5.88. The van der Waals surface area contributed by atoms with E-state index in [0.29, 0.717) is 11.2 Å². The lowest BCUT2D eigenvalue weighted by Crippen LogP contribution is -2.33. The maximum absolute atomic E-state index is 9.95. The van der Waals surface area contributed by atoms with E-state index in [-0.39, 0.29) is 10.9 Å². The number of carbonyl (C=O) groups excluding carboxylic acids is 1. The summed E-state index contributed by atoms with van der Waals surface area (Å²) in [7, 11) is 0. The van der Waals surface area contributed by atoms with Crippen LogP contribution in [0.3, 0.4) is 0 Å². The van der Waals surface area contributed by atoms with Crippen LogP contribution >= 0.6 is 11.6 Å². The molecule has 0 aliphatic carbocycles. The number of hydrogen-bond acceptors (Lipinski definition) is 8. The smallest absolute Gasteiger partial charge is 0.167 e. The zero-order valence-corrected chi connectivity index (χ0v) is 13.3. The molecule has 0 bridgehead atoms. The molecule has 4 atom stereocenters. The highest BCUT2D eigenvalue weighted by atomic mass is 35.5. The summed E-state index contributed by atoms with van der Waals surface area (Å²) in [5.41, 5.74) is 0.761. The van der Waals surface area contributed by atoms with Crippen LogP contribution in [0.1, 0.15) is 20.1 Å². The fourth-order valence-electron chi connectivity index (χ4n) is 2.12. The van der Waals surface area contributed by atoms with Crippen molar-refractivity contribution in [2.45, 2.75) is 38.4 Å². The first-order chi connectivity index (χ1) is 10.9. The van der Waals surface area contributed by atoms with Crippen molar-refractivity contribution in [3.63, 3.8) is 0 Å². The van der Waals surface area contributed by atoms with Gasteiger partial charge in [-0.25, -0.2) is 15.0 Å². The molecule has 2 aromatic rings. The number of aromatic nitrogens is 4. The lowest BCUT2D eigenvalue weighted by atomic mass is 10.1. The van der Waals surface area contributed by atoms with E-state index in [2.05, 4.69) is 15.0 Å². The summed E-state index contributed by atoms with van der Waals surface area (Å²) in [6.07, 6.45) is -1.44. The zero-order valence-electron chi connectivity index (χ0n) is 12.5. The molecule has 0 spiro atoms. The van der Waals surface area contributed by atoms with E-state index in [0.717, 1.165) is 0 Å². The van der Waals surface area contributed by atoms with Crippen molar-refractivity contribution in [1.29, 1.82) is 0 Å². The van der Waals surface area contributed by atoms with Gasteiger partial charge in [0.2, 0.25) is 0 Å². The van der Waals surface area contributed by atoms with Crippen molar-refractivity contribution in [2.24, 2.45) is 0 Å². The molecular formula is C13H17ClN4O5. The molecule has 1 unspecified atom stereocenters. The molecule has 1 fully saturated rings. The number of carbonyl (C=O) groups is 1. The number of imidazole rings is 1. The number of nitrogens with zero attached hydrogens (tertiary/aromatic N) is 4. The number of ketones is 1. The van der Waals surface area contributed by atoms with Gasteiger partial charge < -0.3 is 24.9 Å². The van der Waals surface area contributed by atoms with E-state index < -0.39 is 31.1 Å². The largest absolute Gasteiger partial charge is 0.394 e. The number of aliphatic hydroxyl groups excluding tert-OH is 3. The Balaban J connectivity index is 0.000000433. The summed E-state index contributed by atoms with van der Waals surface area (Å²) in [4.78, 5) is 21.3. The first kappa shape index (κ1) is 17.7. The third-order valence-corrected chi connectivity index (χ3v) is 3.38. The van der Waals surface area contributed by atoms with Gasteiger partial charge in [-0.3, -0.25) is 4.57 Å². The molecule has 3 N–H and O–H groups in total. The van der Waals surface area contributed by atoms with E-state index in [1.54, 1.807) is 0 Å².